The Morgan fingerprint density at radius 1 is 1.25 bits per heavy atom. The molecule has 0 aromatic carbocycles. The van der Waals surface area contributed by atoms with Crippen LogP contribution in [0, 0.1) is 0 Å². The molecule has 0 unspecified atom stereocenters. The van der Waals surface area contributed by atoms with E-state index in [1.165, 1.54) is 0 Å². The molecule has 0 spiro atoms. The Hall–Kier alpha value is -2.38. The van der Waals surface area contributed by atoms with Crippen LogP contribution in [-0.2, 0) is 11.8 Å². The summed E-state index contributed by atoms with van der Waals surface area (Å²) in [6.45, 7) is 2.29. The molecule has 0 bridgehead atoms. The van der Waals surface area contributed by atoms with Crippen molar-refractivity contribution in [1.82, 2.24) is 19.7 Å². The minimum atomic E-state index is 0.0168. The van der Waals surface area contributed by atoms with Gasteiger partial charge in [0.1, 0.15) is 11.4 Å². The van der Waals surface area contributed by atoms with Crippen LogP contribution in [0.25, 0.3) is 11.0 Å². The number of ether oxygens (including phenoxy) is 1. The van der Waals surface area contributed by atoms with Gasteiger partial charge in [-0.25, -0.2) is 4.98 Å². The number of aryl methyl sites for hydroxylation is 1. The number of furan rings is 1. The summed E-state index contributed by atoms with van der Waals surface area (Å²) < 4.78 is 13.4. The number of hydrogen-bond acceptors (Lipinski definition) is 6. The monoisotopic (exact) mass is 327 g/mol. The van der Waals surface area contributed by atoms with Crippen LogP contribution < -0.4 is 5.32 Å². The number of nitrogens with zero attached hydrogens (tertiary/aromatic N) is 4. The van der Waals surface area contributed by atoms with Gasteiger partial charge in [0.15, 0.2) is 0 Å². The maximum absolute atomic E-state index is 6.06. The van der Waals surface area contributed by atoms with Crippen LogP contribution in [-0.4, -0.2) is 52.5 Å². The molecule has 3 aromatic heterocycles. The summed E-state index contributed by atoms with van der Waals surface area (Å²) >= 11 is 0. The Balaban J connectivity index is 1.56. The molecule has 0 aliphatic carbocycles. The highest BCUT2D eigenvalue weighted by Gasteiger charge is 2.33. The number of fused-ring (bicyclic) bond motifs is 1. The number of rotatable bonds is 4. The van der Waals surface area contributed by atoms with Crippen LogP contribution in [0.1, 0.15) is 11.7 Å². The second-order valence-electron chi connectivity index (χ2n) is 6.09. The summed E-state index contributed by atoms with van der Waals surface area (Å²) in [7, 11) is 4.10. The first-order chi connectivity index (χ1) is 11.7. The standard InChI is InChI=1S/C17H21N5O2/c1-21-8-10-24-15(16(21)13-3-7-20-22(13)2)11-19-17-12-5-9-23-14(12)4-6-18-17/h3-7,9,15-16H,8,10-11H2,1-2H3,(H,18,19)/t15-,16-/m0/s1. The molecular weight excluding hydrogens is 306 g/mol. The molecule has 1 N–H and O–H groups in total. The quantitative estimate of drug-likeness (QED) is 0.791. The second-order valence-corrected chi connectivity index (χ2v) is 6.09. The van der Waals surface area contributed by atoms with Crippen LogP contribution in [0.5, 0.6) is 0 Å². The fraction of sp³-hybridized carbons (Fsp3) is 0.412. The molecule has 7 heteroatoms. The van der Waals surface area contributed by atoms with Gasteiger partial charge in [-0.05, 0) is 25.2 Å². The van der Waals surface area contributed by atoms with Gasteiger partial charge in [0.25, 0.3) is 0 Å². The summed E-state index contributed by atoms with van der Waals surface area (Å²) in [5.74, 6) is 0.821. The first-order valence-electron chi connectivity index (χ1n) is 8.10. The van der Waals surface area contributed by atoms with E-state index in [4.69, 9.17) is 9.15 Å². The topological polar surface area (TPSA) is 68.3 Å². The van der Waals surface area contributed by atoms with E-state index in [9.17, 15) is 0 Å². The Morgan fingerprint density at radius 2 is 2.17 bits per heavy atom. The van der Waals surface area contributed by atoms with Gasteiger partial charge in [-0.3, -0.25) is 9.58 Å². The molecule has 4 heterocycles. The van der Waals surface area contributed by atoms with E-state index in [2.05, 4.69) is 33.4 Å². The summed E-state index contributed by atoms with van der Waals surface area (Å²) in [4.78, 5) is 6.75. The SMILES string of the molecule is CN1CCO[C@@H](CNc2nccc3occc23)[C@@H]1c1ccnn1C. The predicted octanol–water partition coefficient (Wildman–Crippen LogP) is 2.05. The minimum Gasteiger partial charge on any atom is -0.464 e. The lowest BCUT2D eigenvalue weighted by atomic mass is 10.0. The van der Waals surface area contributed by atoms with Gasteiger partial charge in [-0.1, -0.05) is 0 Å². The van der Waals surface area contributed by atoms with E-state index in [0.717, 1.165) is 35.6 Å². The van der Waals surface area contributed by atoms with Gasteiger partial charge in [0, 0.05) is 32.5 Å². The zero-order chi connectivity index (χ0) is 16.5. The first-order valence-corrected chi connectivity index (χ1v) is 8.10. The second kappa shape index (κ2) is 6.26. The zero-order valence-corrected chi connectivity index (χ0v) is 13.8. The molecule has 0 saturated carbocycles. The van der Waals surface area contributed by atoms with Crippen LogP contribution in [0.3, 0.4) is 0 Å². The van der Waals surface area contributed by atoms with Crippen molar-refractivity contribution in [2.45, 2.75) is 12.1 Å². The lowest BCUT2D eigenvalue weighted by Crippen LogP contribution is -2.46. The highest BCUT2D eigenvalue weighted by molar-refractivity contribution is 5.87. The lowest BCUT2D eigenvalue weighted by Gasteiger charge is -2.39. The van der Waals surface area contributed by atoms with Gasteiger partial charge in [0.05, 0.1) is 36.1 Å². The molecule has 4 rings (SSSR count). The molecule has 3 aromatic rings. The maximum atomic E-state index is 6.06. The molecule has 24 heavy (non-hydrogen) atoms. The van der Waals surface area contributed by atoms with Crippen molar-refractivity contribution in [1.29, 1.82) is 0 Å². The van der Waals surface area contributed by atoms with Crippen molar-refractivity contribution < 1.29 is 9.15 Å². The van der Waals surface area contributed by atoms with Crippen molar-refractivity contribution in [3.05, 3.63) is 42.5 Å². The number of likely N-dealkylation sites (N-methyl/N-ethyl adjacent to an activating group) is 1. The lowest BCUT2D eigenvalue weighted by molar-refractivity contribution is -0.0581. The molecule has 1 aliphatic rings. The fourth-order valence-corrected chi connectivity index (χ4v) is 3.36. The van der Waals surface area contributed by atoms with E-state index >= 15 is 0 Å². The van der Waals surface area contributed by atoms with Crippen molar-refractivity contribution in [2.75, 3.05) is 32.1 Å². The van der Waals surface area contributed by atoms with Gasteiger partial charge >= 0.3 is 0 Å². The largest absolute Gasteiger partial charge is 0.464 e. The van der Waals surface area contributed by atoms with E-state index < -0.39 is 0 Å². The Morgan fingerprint density at radius 3 is 3.00 bits per heavy atom. The van der Waals surface area contributed by atoms with E-state index in [1.54, 1.807) is 12.5 Å². The van der Waals surface area contributed by atoms with E-state index in [1.807, 2.05) is 30.1 Å². The normalized spacial score (nSPS) is 22.1. The van der Waals surface area contributed by atoms with Crippen molar-refractivity contribution >= 4 is 16.8 Å². The number of aromatic nitrogens is 3. The third-order valence-electron chi connectivity index (χ3n) is 4.62. The van der Waals surface area contributed by atoms with Crippen LogP contribution in [0.4, 0.5) is 5.82 Å². The minimum absolute atomic E-state index is 0.0168. The molecule has 0 radical (unpaired) electrons. The summed E-state index contributed by atoms with van der Waals surface area (Å²) in [5.41, 5.74) is 1.98. The molecule has 7 nitrogen and oxygen atoms in total. The Bertz CT molecular complexity index is 827. The predicted molar refractivity (Wildman–Crippen MR) is 90.8 cm³/mol. The summed E-state index contributed by atoms with van der Waals surface area (Å²) in [6, 6.07) is 6.00. The van der Waals surface area contributed by atoms with Crippen molar-refractivity contribution in [2.24, 2.45) is 7.05 Å². The molecule has 2 atom stereocenters. The first kappa shape index (κ1) is 15.2. The van der Waals surface area contributed by atoms with Gasteiger partial charge in [-0.15, -0.1) is 0 Å². The summed E-state index contributed by atoms with van der Waals surface area (Å²) in [6.07, 6.45) is 5.28. The molecular formula is C17H21N5O2. The third kappa shape index (κ3) is 2.65. The Labute approximate surface area is 140 Å². The van der Waals surface area contributed by atoms with Crippen molar-refractivity contribution in [3.63, 3.8) is 0 Å². The fourth-order valence-electron chi connectivity index (χ4n) is 3.36. The van der Waals surface area contributed by atoms with Crippen LogP contribution >= 0.6 is 0 Å². The number of anilines is 1. The number of pyridine rings is 1. The Kier molecular flexibility index (Phi) is 3.95. The molecule has 1 saturated heterocycles. The van der Waals surface area contributed by atoms with Gasteiger partial charge < -0.3 is 14.5 Å². The zero-order valence-electron chi connectivity index (χ0n) is 13.8. The average molecular weight is 327 g/mol. The average Bonchev–Trinajstić information content (AvgIpc) is 3.22. The highest BCUT2D eigenvalue weighted by Crippen LogP contribution is 2.29. The van der Waals surface area contributed by atoms with Gasteiger partial charge in [-0.2, -0.15) is 5.10 Å². The number of morpholine rings is 1. The van der Waals surface area contributed by atoms with E-state index in [-0.39, 0.29) is 12.1 Å². The number of hydrogen-bond donors (Lipinski definition) is 1. The molecule has 0 amide bonds. The van der Waals surface area contributed by atoms with E-state index in [0.29, 0.717) is 6.54 Å². The van der Waals surface area contributed by atoms with Gasteiger partial charge in [0.2, 0.25) is 0 Å². The molecule has 1 aliphatic heterocycles. The van der Waals surface area contributed by atoms with Crippen LogP contribution in [0.2, 0.25) is 0 Å². The summed E-state index contributed by atoms with van der Waals surface area (Å²) in [5, 5.41) is 8.71. The van der Waals surface area contributed by atoms with Crippen LogP contribution in [0.15, 0.2) is 41.3 Å². The third-order valence-corrected chi connectivity index (χ3v) is 4.62. The number of nitrogens with one attached hydrogen (secondary N) is 1. The highest BCUT2D eigenvalue weighted by atomic mass is 16.5. The maximum Gasteiger partial charge on any atom is 0.139 e. The molecule has 1 fully saturated rings. The molecule has 126 valence electrons. The smallest absolute Gasteiger partial charge is 0.139 e. The van der Waals surface area contributed by atoms with Crippen molar-refractivity contribution in [3.8, 4) is 0 Å².